The van der Waals surface area contributed by atoms with Gasteiger partial charge in [-0.25, -0.2) is 4.99 Å². The molecule has 3 N–H and O–H groups in total. The number of ether oxygens (including phenoxy) is 1. The maximum atomic E-state index is 11.4. The van der Waals surface area contributed by atoms with Gasteiger partial charge in [-0.3, -0.25) is 4.79 Å². The number of rotatable bonds is 7. The highest BCUT2D eigenvalue weighted by atomic mass is 35.5. The molecule has 1 aliphatic rings. The fraction of sp³-hybridized carbons (Fsp3) is 0.636. The molecule has 1 atom stereocenters. The molecular weight excluding hydrogens is 242 g/mol. The van der Waals surface area contributed by atoms with Crippen LogP contribution in [0.5, 0.6) is 0 Å². The van der Waals surface area contributed by atoms with Crippen LogP contribution in [0.2, 0.25) is 0 Å². The van der Waals surface area contributed by atoms with E-state index in [9.17, 15) is 4.79 Å². The molecule has 0 aliphatic carbocycles. The zero-order valence-corrected chi connectivity index (χ0v) is 10.7. The summed E-state index contributed by atoms with van der Waals surface area (Å²) in [5.74, 6) is -0.689. The minimum Gasteiger partial charge on any atom is -0.365 e. The Morgan fingerprint density at radius 1 is 1.59 bits per heavy atom. The Labute approximate surface area is 106 Å². The molecule has 17 heavy (non-hydrogen) atoms. The van der Waals surface area contributed by atoms with Crippen molar-refractivity contribution < 1.29 is 9.53 Å². The lowest BCUT2D eigenvalue weighted by molar-refractivity contribution is -0.137. The molecule has 1 amide bonds. The van der Waals surface area contributed by atoms with Crippen LogP contribution in [0.4, 0.5) is 0 Å². The second-order valence-corrected chi connectivity index (χ2v) is 4.19. The molecule has 96 valence electrons. The average molecular weight is 260 g/mol. The third-order valence-corrected chi connectivity index (χ3v) is 2.87. The van der Waals surface area contributed by atoms with Gasteiger partial charge in [-0.1, -0.05) is 37.8 Å². The van der Waals surface area contributed by atoms with Gasteiger partial charge < -0.3 is 15.8 Å². The summed E-state index contributed by atoms with van der Waals surface area (Å²) < 4.78 is 5.49. The number of nitrogens with zero attached hydrogens (tertiary/aromatic N) is 1. The summed E-state index contributed by atoms with van der Waals surface area (Å²) in [6, 6.07) is 0. The van der Waals surface area contributed by atoms with Crippen molar-refractivity contribution in [3.05, 3.63) is 12.4 Å². The summed E-state index contributed by atoms with van der Waals surface area (Å²) in [7, 11) is 0. The number of hydrogen-bond donors (Lipinski definition) is 2. The highest BCUT2D eigenvalue weighted by molar-refractivity contribution is 6.69. The molecule has 0 saturated carbocycles. The molecule has 0 bridgehead atoms. The minimum absolute atomic E-state index is 0.0167. The van der Waals surface area contributed by atoms with Crippen molar-refractivity contribution in [2.24, 2.45) is 10.7 Å². The SMILES string of the molecule is CCCCCCOC1(C(N)=O)NC=CN=C1Cl. The molecular formula is C11H18ClN3O2. The van der Waals surface area contributed by atoms with E-state index in [1.54, 1.807) is 0 Å². The molecule has 6 heteroatoms. The van der Waals surface area contributed by atoms with E-state index in [0.717, 1.165) is 25.7 Å². The molecule has 5 nitrogen and oxygen atoms in total. The van der Waals surface area contributed by atoms with Gasteiger partial charge in [-0.05, 0) is 6.42 Å². The van der Waals surface area contributed by atoms with E-state index in [0.29, 0.717) is 6.61 Å². The molecule has 0 aromatic rings. The van der Waals surface area contributed by atoms with E-state index in [1.807, 2.05) is 0 Å². The fourth-order valence-electron chi connectivity index (χ4n) is 1.51. The monoisotopic (exact) mass is 259 g/mol. The van der Waals surface area contributed by atoms with Crippen molar-refractivity contribution in [1.29, 1.82) is 0 Å². The van der Waals surface area contributed by atoms with Gasteiger partial charge in [-0.15, -0.1) is 0 Å². The van der Waals surface area contributed by atoms with Gasteiger partial charge in [-0.2, -0.15) is 0 Å². The number of carbonyl (C=O) groups is 1. The van der Waals surface area contributed by atoms with Crippen LogP contribution in [-0.4, -0.2) is 23.4 Å². The number of primary amides is 1. The standard InChI is InChI=1S/C11H18ClN3O2/c1-2-3-4-5-8-17-11(10(13)16)9(12)14-6-7-15-11/h6-7,15H,2-5,8H2,1H3,(H2,13,16). The second kappa shape index (κ2) is 6.61. The first-order valence-electron chi connectivity index (χ1n) is 5.74. The van der Waals surface area contributed by atoms with Crippen molar-refractivity contribution in [3.63, 3.8) is 0 Å². The summed E-state index contributed by atoms with van der Waals surface area (Å²) in [6.45, 7) is 2.54. The topological polar surface area (TPSA) is 76.7 Å². The Morgan fingerprint density at radius 2 is 2.35 bits per heavy atom. The first kappa shape index (κ1) is 14.0. The number of nitrogens with one attached hydrogen (secondary N) is 1. The number of aliphatic imine (C=N–C) groups is 1. The Kier molecular flexibility index (Phi) is 5.44. The first-order chi connectivity index (χ1) is 8.13. The maximum Gasteiger partial charge on any atom is 0.278 e. The van der Waals surface area contributed by atoms with Crippen LogP contribution in [0.1, 0.15) is 32.6 Å². The Hall–Kier alpha value is -1.07. The quantitative estimate of drug-likeness (QED) is 0.680. The van der Waals surface area contributed by atoms with Crippen molar-refractivity contribution in [1.82, 2.24) is 5.32 Å². The zero-order valence-electron chi connectivity index (χ0n) is 9.91. The van der Waals surface area contributed by atoms with Crippen molar-refractivity contribution in [3.8, 4) is 0 Å². The Morgan fingerprint density at radius 3 is 2.94 bits per heavy atom. The molecule has 0 radical (unpaired) electrons. The summed E-state index contributed by atoms with van der Waals surface area (Å²) in [6.07, 6.45) is 7.13. The third kappa shape index (κ3) is 3.44. The predicted octanol–water partition coefficient (Wildman–Crippen LogP) is 1.48. The molecule has 1 rings (SSSR count). The molecule has 1 heterocycles. The van der Waals surface area contributed by atoms with Gasteiger partial charge >= 0.3 is 0 Å². The normalized spacial score (nSPS) is 23.1. The largest absolute Gasteiger partial charge is 0.365 e. The lowest BCUT2D eigenvalue weighted by Crippen LogP contribution is -2.60. The fourth-order valence-corrected chi connectivity index (χ4v) is 1.77. The van der Waals surface area contributed by atoms with Gasteiger partial charge in [0.15, 0.2) is 5.17 Å². The van der Waals surface area contributed by atoms with Crippen LogP contribution < -0.4 is 11.1 Å². The van der Waals surface area contributed by atoms with Crippen molar-refractivity contribution >= 4 is 22.7 Å². The summed E-state index contributed by atoms with van der Waals surface area (Å²) >= 11 is 5.88. The lowest BCUT2D eigenvalue weighted by Gasteiger charge is -2.30. The van der Waals surface area contributed by atoms with E-state index in [1.165, 1.54) is 12.4 Å². The zero-order chi connectivity index (χ0) is 12.7. The van der Waals surface area contributed by atoms with Crippen LogP contribution in [0.25, 0.3) is 0 Å². The van der Waals surface area contributed by atoms with Crippen LogP contribution in [0, 0.1) is 0 Å². The van der Waals surface area contributed by atoms with Gasteiger partial charge in [0.1, 0.15) is 0 Å². The Bertz CT molecular complexity index is 331. The second-order valence-electron chi connectivity index (χ2n) is 3.83. The number of halogens is 1. The van der Waals surface area contributed by atoms with Gasteiger partial charge in [0.2, 0.25) is 0 Å². The van der Waals surface area contributed by atoms with E-state index in [2.05, 4.69) is 17.2 Å². The van der Waals surface area contributed by atoms with Crippen LogP contribution in [0.15, 0.2) is 17.4 Å². The first-order valence-corrected chi connectivity index (χ1v) is 6.11. The van der Waals surface area contributed by atoms with Gasteiger partial charge in [0.05, 0.1) is 6.61 Å². The summed E-state index contributed by atoms with van der Waals surface area (Å²) in [5.41, 5.74) is 3.81. The molecule has 0 aromatic heterocycles. The molecule has 1 aliphatic heterocycles. The number of nitrogens with two attached hydrogens (primary N) is 1. The third-order valence-electron chi connectivity index (χ3n) is 2.50. The van der Waals surface area contributed by atoms with Crippen LogP contribution in [-0.2, 0) is 9.53 Å². The molecule has 0 fully saturated rings. The number of amides is 1. The molecule has 0 aromatic carbocycles. The highest BCUT2D eigenvalue weighted by Crippen LogP contribution is 2.17. The smallest absolute Gasteiger partial charge is 0.278 e. The summed E-state index contributed by atoms with van der Waals surface area (Å²) in [5, 5.41) is 2.75. The van der Waals surface area contributed by atoms with Crippen molar-refractivity contribution in [2.45, 2.75) is 38.3 Å². The van der Waals surface area contributed by atoms with Crippen LogP contribution >= 0.6 is 11.6 Å². The lowest BCUT2D eigenvalue weighted by atomic mass is 10.2. The Balaban J connectivity index is 2.53. The number of hydrogen-bond acceptors (Lipinski definition) is 4. The van der Waals surface area contributed by atoms with E-state index >= 15 is 0 Å². The maximum absolute atomic E-state index is 11.4. The van der Waals surface area contributed by atoms with E-state index < -0.39 is 11.6 Å². The summed E-state index contributed by atoms with van der Waals surface area (Å²) in [4.78, 5) is 15.3. The van der Waals surface area contributed by atoms with Crippen LogP contribution in [0.3, 0.4) is 0 Å². The number of carbonyl (C=O) groups excluding carboxylic acids is 1. The van der Waals surface area contributed by atoms with Gasteiger partial charge in [0.25, 0.3) is 11.6 Å². The highest BCUT2D eigenvalue weighted by Gasteiger charge is 2.43. The van der Waals surface area contributed by atoms with Crippen molar-refractivity contribution in [2.75, 3.05) is 6.61 Å². The van der Waals surface area contributed by atoms with Gasteiger partial charge in [0, 0.05) is 12.4 Å². The predicted molar refractivity (Wildman–Crippen MR) is 67.6 cm³/mol. The van der Waals surface area contributed by atoms with E-state index in [-0.39, 0.29) is 5.17 Å². The molecule has 0 saturated heterocycles. The minimum atomic E-state index is -1.50. The molecule has 1 unspecified atom stereocenters. The average Bonchev–Trinajstić information content (AvgIpc) is 2.31. The van der Waals surface area contributed by atoms with E-state index in [4.69, 9.17) is 22.1 Å². The number of unbranched alkanes of at least 4 members (excludes halogenated alkanes) is 3. The molecule has 0 spiro atoms.